The molecule has 0 bridgehead atoms. The van der Waals surface area contributed by atoms with Crippen LogP contribution in [0.2, 0.25) is 0 Å². The lowest BCUT2D eigenvalue weighted by molar-refractivity contribution is -0.139. The Balaban J connectivity index is 3.13. The molecule has 0 saturated heterocycles. The van der Waals surface area contributed by atoms with E-state index in [1.54, 1.807) is 6.92 Å². The summed E-state index contributed by atoms with van der Waals surface area (Å²) in [5.41, 5.74) is 0.491. The van der Waals surface area contributed by atoms with Crippen molar-refractivity contribution in [1.82, 2.24) is 0 Å². The molecule has 2 heteroatoms. The van der Waals surface area contributed by atoms with E-state index in [9.17, 15) is 4.79 Å². The first-order chi connectivity index (χ1) is 11.1. The summed E-state index contributed by atoms with van der Waals surface area (Å²) < 4.78 is 5.08. The van der Waals surface area contributed by atoms with Crippen LogP contribution >= 0.6 is 0 Å². The largest absolute Gasteiger partial charge is 0.462 e. The van der Waals surface area contributed by atoms with Crippen molar-refractivity contribution in [2.75, 3.05) is 6.61 Å². The Morgan fingerprint density at radius 1 is 0.870 bits per heavy atom. The number of esters is 1. The van der Waals surface area contributed by atoms with Crippen molar-refractivity contribution in [3.05, 3.63) is 12.2 Å². The van der Waals surface area contributed by atoms with Gasteiger partial charge in [-0.3, -0.25) is 0 Å². The quantitative estimate of drug-likeness (QED) is 0.177. The van der Waals surface area contributed by atoms with Crippen LogP contribution in [0.25, 0.3) is 0 Å². The minimum atomic E-state index is -0.255. The average Bonchev–Trinajstić information content (AvgIpc) is 2.51. The molecule has 0 fully saturated rings. The van der Waals surface area contributed by atoms with Gasteiger partial charge in [0.15, 0.2) is 0 Å². The van der Waals surface area contributed by atoms with Crippen molar-refractivity contribution in [2.24, 2.45) is 5.92 Å². The normalized spacial score (nSPS) is 12.1. The zero-order valence-corrected chi connectivity index (χ0v) is 16.0. The highest BCUT2D eigenvalue weighted by molar-refractivity contribution is 5.86. The SMILES string of the molecule is C=C(C)C(=O)OCCCCCCCCCCCCC(C)CCC. The van der Waals surface area contributed by atoms with E-state index in [1.807, 2.05) is 0 Å². The second-order valence-electron chi connectivity index (χ2n) is 7.13. The molecule has 0 amide bonds. The van der Waals surface area contributed by atoms with Gasteiger partial charge < -0.3 is 4.74 Å². The van der Waals surface area contributed by atoms with Crippen LogP contribution in [0, 0.1) is 5.92 Å². The minimum Gasteiger partial charge on any atom is -0.462 e. The van der Waals surface area contributed by atoms with Crippen molar-refractivity contribution in [1.29, 1.82) is 0 Å². The van der Waals surface area contributed by atoms with Gasteiger partial charge in [-0.1, -0.05) is 97.5 Å². The molecule has 0 aromatic rings. The number of rotatable bonds is 16. The van der Waals surface area contributed by atoms with E-state index < -0.39 is 0 Å². The van der Waals surface area contributed by atoms with Gasteiger partial charge in [0.05, 0.1) is 6.61 Å². The first kappa shape index (κ1) is 22.2. The Hall–Kier alpha value is -0.790. The Morgan fingerprint density at radius 3 is 1.83 bits per heavy atom. The number of hydrogen-bond donors (Lipinski definition) is 0. The van der Waals surface area contributed by atoms with E-state index in [4.69, 9.17) is 4.74 Å². The van der Waals surface area contributed by atoms with Gasteiger partial charge in [-0.05, 0) is 19.3 Å². The second-order valence-corrected chi connectivity index (χ2v) is 7.13. The third kappa shape index (κ3) is 15.9. The van der Waals surface area contributed by atoms with Crippen LogP contribution in [0.3, 0.4) is 0 Å². The maximum atomic E-state index is 11.2. The van der Waals surface area contributed by atoms with Crippen LogP contribution in [-0.4, -0.2) is 12.6 Å². The van der Waals surface area contributed by atoms with E-state index in [2.05, 4.69) is 20.4 Å². The van der Waals surface area contributed by atoms with Gasteiger partial charge in [-0.25, -0.2) is 4.79 Å². The first-order valence-electron chi connectivity index (χ1n) is 9.90. The first-order valence-corrected chi connectivity index (χ1v) is 9.90. The van der Waals surface area contributed by atoms with Gasteiger partial charge in [0.25, 0.3) is 0 Å². The Kier molecular flexibility index (Phi) is 15.5. The van der Waals surface area contributed by atoms with Crippen molar-refractivity contribution in [2.45, 2.75) is 104 Å². The third-order valence-corrected chi connectivity index (χ3v) is 4.45. The fourth-order valence-electron chi connectivity index (χ4n) is 2.93. The standard InChI is InChI=1S/C21H40O2/c1-5-16-20(4)17-14-12-10-8-6-7-9-11-13-15-18-23-21(22)19(2)3/h20H,2,5-18H2,1,3-4H3. The molecular formula is C21H40O2. The highest BCUT2D eigenvalue weighted by atomic mass is 16.5. The summed E-state index contributed by atoms with van der Waals surface area (Å²) in [5, 5.41) is 0. The highest BCUT2D eigenvalue weighted by Crippen LogP contribution is 2.16. The molecule has 0 aliphatic carbocycles. The van der Waals surface area contributed by atoms with E-state index in [0.29, 0.717) is 12.2 Å². The third-order valence-electron chi connectivity index (χ3n) is 4.45. The van der Waals surface area contributed by atoms with Crippen LogP contribution in [0.5, 0.6) is 0 Å². The van der Waals surface area contributed by atoms with Crippen LogP contribution in [0.15, 0.2) is 12.2 Å². The fourth-order valence-corrected chi connectivity index (χ4v) is 2.93. The molecule has 23 heavy (non-hydrogen) atoms. The molecule has 0 aliphatic heterocycles. The molecular weight excluding hydrogens is 284 g/mol. The monoisotopic (exact) mass is 324 g/mol. The maximum Gasteiger partial charge on any atom is 0.333 e. The van der Waals surface area contributed by atoms with E-state index >= 15 is 0 Å². The molecule has 1 unspecified atom stereocenters. The Bertz CT molecular complexity index is 296. The second kappa shape index (κ2) is 16.1. The Labute approximate surface area is 145 Å². The van der Waals surface area contributed by atoms with Gasteiger partial charge in [-0.2, -0.15) is 0 Å². The number of hydrogen-bond acceptors (Lipinski definition) is 2. The molecule has 0 N–H and O–H groups in total. The van der Waals surface area contributed by atoms with Gasteiger partial charge >= 0.3 is 5.97 Å². The van der Waals surface area contributed by atoms with E-state index in [-0.39, 0.29) is 5.97 Å². The van der Waals surface area contributed by atoms with Crippen LogP contribution in [-0.2, 0) is 9.53 Å². The van der Waals surface area contributed by atoms with Crippen molar-refractivity contribution in [3.8, 4) is 0 Å². The van der Waals surface area contributed by atoms with Gasteiger partial charge in [0, 0.05) is 5.57 Å². The maximum absolute atomic E-state index is 11.2. The molecule has 0 aliphatic rings. The lowest BCUT2D eigenvalue weighted by atomic mass is 9.98. The Morgan fingerprint density at radius 2 is 1.35 bits per heavy atom. The van der Waals surface area contributed by atoms with Crippen molar-refractivity contribution < 1.29 is 9.53 Å². The minimum absolute atomic E-state index is 0.255. The summed E-state index contributed by atoms with van der Waals surface area (Å²) in [5.74, 6) is 0.670. The molecule has 0 aromatic heterocycles. The molecule has 0 heterocycles. The van der Waals surface area contributed by atoms with E-state index in [1.165, 1.54) is 77.0 Å². The average molecular weight is 325 g/mol. The highest BCUT2D eigenvalue weighted by Gasteiger charge is 2.02. The molecule has 136 valence electrons. The topological polar surface area (TPSA) is 26.3 Å². The number of ether oxygens (including phenoxy) is 1. The number of carbonyl (C=O) groups is 1. The lowest BCUT2D eigenvalue weighted by Crippen LogP contribution is -2.05. The summed E-state index contributed by atoms with van der Waals surface area (Å²) in [6.07, 6.45) is 17.3. The summed E-state index contributed by atoms with van der Waals surface area (Å²) in [7, 11) is 0. The molecule has 1 atom stereocenters. The molecule has 0 spiro atoms. The molecule has 2 nitrogen and oxygen atoms in total. The zero-order chi connectivity index (χ0) is 17.3. The van der Waals surface area contributed by atoms with Crippen molar-refractivity contribution in [3.63, 3.8) is 0 Å². The summed E-state index contributed by atoms with van der Waals surface area (Å²) in [6, 6.07) is 0. The van der Waals surface area contributed by atoms with Crippen LogP contribution in [0.4, 0.5) is 0 Å². The predicted molar refractivity (Wildman–Crippen MR) is 101 cm³/mol. The number of unbranched alkanes of at least 4 members (excludes halogenated alkanes) is 9. The van der Waals surface area contributed by atoms with Crippen LogP contribution in [0.1, 0.15) is 104 Å². The van der Waals surface area contributed by atoms with Gasteiger partial charge in [-0.15, -0.1) is 0 Å². The zero-order valence-electron chi connectivity index (χ0n) is 16.0. The molecule has 0 aromatic carbocycles. The summed E-state index contributed by atoms with van der Waals surface area (Å²) in [4.78, 5) is 11.2. The summed E-state index contributed by atoms with van der Waals surface area (Å²) >= 11 is 0. The smallest absolute Gasteiger partial charge is 0.333 e. The summed E-state index contributed by atoms with van der Waals surface area (Å²) in [6.45, 7) is 10.5. The van der Waals surface area contributed by atoms with Gasteiger partial charge in [0.1, 0.15) is 0 Å². The van der Waals surface area contributed by atoms with E-state index in [0.717, 1.165) is 12.3 Å². The fraction of sp³-hybridized carbons (Fsp3) is 0.857. The van der Waals surface area contributed by atoms with Gasteiger partial charge in [0.2, 0.25) is 0 Å². The molecule has 0 radical (unpaired) electrons. The molecule has 0 saturated carbocycles. The molecule has 0 rings (SSSR count). The predicted octanol–water partition coefficient (Wildman–Crippen LogP) is 6.83. The number of carbonyl (C=O) groups excluding carboxylic acids is 1. The lowest BCUT2D eigenvalue weighted by Gasteiger charge is -2.09. The van der Waals surface area contributed by atoms with Crippen molar-refractivity contribution >= 4 is 5.97 Å². The van der Waals surface area contributed by atoms with Crippen LogP contribution < -0.4 is 0 Å².